The normalized spacial score (nSPS) is 10.5. The standard InChI is InChI=1S/C16H17FN2O2/c1-10-4-12(3)13(5-11(10)2)9-18-15-6-14(17)7-16(8-15)19(20)21/h4-8,18H,9H2,1-3H3. The van der Waals surface area contributed by atoms with Crippen LogP contribution in [0.25, 0.3) is 0 Å². The van der Waals surface area contributed by atoms with Crippen LogP contribution < -0.4 is 5.32 Å². The fourth-order valence-corrected chi connectivity index (χ4v) is 2.19. The van der Waals surface area contributed by atoms with Gasteiger partial charge in [-0.25, -0.2) is 4.39 Å². The van der Waals surface area contributed by atoms with Crippen LogP contribution in [0.15, 0.2) is 30.3 Å². The number of aryl methyl sites for hydroxylation is 3. The van der Waals surface area contributed by atoms with Crippen LogP contribution in [-0.4, -0.2) is 4.92 Å². The van der Waals surface area contributed by atoms with Crippen LogP contribution in [0.3, 0.4) is 0 Å². The van der Waals surface area contributed by atoms with Gasteiger partial charge in [-0.1, -0.05) is 12.1 Å². The number of nitro benzene ring substituents is 1. The van der Waals surface area contributed by atoms with Gasteiger partial charge in [0.1, 0.15) is 5.82 Å². The maximum absolute atomic E-state index is 13.4. The Morgan fingerprint density at radius 1 is 1.05 bits per heavy atom. The van der Waals surface area contributed by atoms with Gasteiger partial charge in [-0.3, -0.25) is 10.1 Å². The van der Waals surface area contributed by atoms with Crippen molar-refractivity contribution in [2.24, 2.45) is 0 Å². The first-order chi connectivity index (χ1) is 9.86. The minimum Gasteiger partial charge on any atom is -0.381 e. The number of benzene rings is 2. The molecule has 0 fully saturated rings. The Balaban J connectivity index is 2.20. The van der Waals surface area contributed by atoms with Crippen molar-refractivity contribution in [3.8, 4) is 0 Å². The van der Waals surface area contributed by atoms with Crippen LogP contribution in [0.5, 0.6) is 0 Å². The molecule has 0 aliphatic heterocycles. The predicted molar refractivity (Wildman–Crippen MR) is 81.0 cm³/mol. The quantitative estimate of drug-likeness (QED) is 0.675. The van der Waals surface area contributed by atoms with Gasteiger partial charge >= 0.3 is 0 Å². The lowest BCUT2D eigenvalue weighted by atomic mass is 10.0. The average molecular weight is 288 g/mol. The van der Waals surface area contributed by atoms with Crippen LogP contribution >= 0.6 is 0 Å². The third kappa shape index (κ3) is 3.56. The fourth-order valence-electron chi connectivity index (χ4n) is 2.19. The predicted octanol–water partition coefficient (Wildman–Crippen LogP) is 4.27. The number of rotatable bonds is 4. The van der Waals surface area contributed by atoms with Crippen molar-refractivity contribution >= 4 is 11.4 Å². The summed E-state index contributed by atoms with van der Waals surface area (Å²) in [6.45, 7) is 6.59. The summed E-state index contributed by atoms with van der Waals surface area (Å²) in [7, 11) is 0. The molecule has 2 aromatic rings. The van der Waals surface area contributed by atoms with E-state index in [1.165, 1.54) is 23.3 Å². The molecular weight excluding hydrogens is 271 g/mol. The highest BCUT2D eigenvalue weighted by Crippen LogP contribution is 2.22. The molecule has 110 valence electrons. The highest BCUT2D eigenvalue weighted by atomic mass is 19.1. The summed E-state index contributed by atoms with van der Waals surface area (Å²) in [6.07, 6.45) is 0. The second kappa shape index (κ2) is 5.91. The number of nitro groups is 1. The molecule has 1 N–H and O–H groups in total. The topological polar surface area (TPSA) is 55.2 Å². The first-order valence-electron chi connectivity index (χ1n) is 6.62. The minimum absolute atomic E-state index is 0.255. The Hall–Kier alpha value is -2.43. The van der Waals surface area contributed by atoms with Crippen molar-refractivity contribution in [3.63, 3.8) is 0 Å². The molecule has 0 saturated carbocycles. The third-order valence-electron chi connectivity index (χ3n) is 3.53. The molecule has 0 unspecified atom stereocenters. The number of hydrogen-bond donors (Lipinski definition) is 1. The van der Waals surface area contributed by atoms with Crippen LogP contribution in [0.4, 0.5) is 15.8 Å². The molecule has 0 aromatic heterocycles. The van der Waals surface area contributed by atoms with E-state index in [4.69, 9.17) is 0 Å². The zero-order valence-corrected chi connectivity index (χ0v) is 12.2. The minimum atomic E-state index is -0.622. The maximum atomic E-state index is 13.4. The zero-order valence-electron chi connectivity index (χ0n) is 12.2. The number of non-ortho nitro benzene ring substituents is 1. The molecule has 0 atom stereocenters. The Bertz CT molecular complexity index is 699. The SMILES string of the molecule is Cc1cc(C)c(CNc2cc(F)cc([N+](=O)[O-])c2)cc1C. The molecule has 0 aliphatic rings. The Kier molecular flexibility index (Phi) is 4.21. The van der Waals surface area contributed by atoms with E-state index in [2.05, 4.69) is 24.4 Å². The molecule has 2 aromatic carbocycles. The van der Waals surface area contributed by atoms with E-state index in [1.807, 2.05) is 13.8 Å². The van der Waals surface area contributed by atoms with Gasteiger partial charge in [0.05, 0.1) is 11.0 Å². The summed E-state index contributed by atoms with van der Waals surface area (Å²) >= 11 is 0. The summed E-state index contributed by atoms with van der Waals surface area (Å²) < 4.78 is 13.4. The van der Waals surface area contributed by atoms with Gasteiger partial charge in [-0.05, 0) is 49.1 Å². The van der Waals surface area contributed by atoms with Gasteiger partial charge in [-0.15, -0.1) is 0 Å². The van der Waals surface area contributed by atoms with E-state index in [-0.39, 0.29) is 5.69 Å². The molecule has 0 saturated heterocycles. The molecule has 0 heterocycles. The van der Waals surface area contributed by atoms with Crippen LogP contribution in [0.1, 0.15) is 22.3 Å². The van der Waals surface area contributed by atoms with Crippen molar-refractivity contribution in [2.75, 3.05) is 5.32 Å². The third-order valence-corrected chi connectivity index (χ3v) is 3.53. The summed E-state index contributed by atoms with van der Waals surface area (Å²) in [5.74, 6) is -0.622. The largest absolute Gasteiger partial charge is 0.381 e. The van der Waals surface area contributed by atoms with Gasteiger partial charge in [0.25, 0.3) is 5.69 Å². The zero-order chi connectivity index (χ0) is 15.6. The van der Waals surface area contributed by atoms with Crippen molar-refractivity contribution in [2.45, 2.75) is 27.3 Å². The first kappa shape index (κ1) is 15.0. The molecule has 4 nitrogen and oxygen atoms in total. The van der Waals surface area contributed by atoms with E-state index >= 15 is 0 Å². The van der Waals surface area contributed by atoms with Gasteiger partial charge in [0.2, 0.25) is 0 Å². The lowest BCUT2D eigenvalue weighted by Gasteiger charge is -2.12. The second-order valence-corrected chi connectivity index (χ2v) is 5.17. The summed E-state index contributed by atoms with van der Waals surface area (Å²) in [5, 5.41) is 13.8. The highest BCUT2D eigenvalue weighted by molar-refractivity contribution is 5.52. The van der Waals surface area contributed by atoms with Crippen molar-refractivity contribution < 1.29 is 9.31 Å². The van der Waals surface area contributed by atoms with E-state index in [1.54, 1.807) is 0 Å². The Morgan fingerprint density at radius 3 is 2.38 bits per heavy atom. The van der Waals surface area contributed by atoms with E-state index in [0.717, 1.165) is 17.2 Å². The molecule has 5 heteroatoms. The highest BCUT2D eigenvalue weighted by Gasteiger charge is 2.10. The molecule has 2 rings (SSSR count). The van der Waals surface area contributed by atoms with Crippen molar-refractivity contribution in [1.29, 1.82) is 0 Å². The van der Waals surface area contributed by atoms with Crippen molar-refractivity contribution in [3.05, 3.63) is 68.5 Å². The van der Waals surface area contributed by atoms with Crippen molar-refractivity contribution in [1.82, 2.24) is 0 Å². The number of anilines is 1. The van der Waals surface area contributed by atoms with Gasteiger partial charge < -0.3 is 5.32 Å². The molecule has 0 bridgehead atoms. The fraction of sp³-hybridized carbons (Fsp3) is 0.250. The van der Waals surface area contributed by atoms with Gasteiger partial charge in [-0.2, -0.15) is 0 Å². The van der Waals surface area contributed by atoms with Crippen LogP contribution in [-0.2, 0) is 6.54 Å². The van der Waals surface area contributed by atoms with Crippen LogP contribution in [0, 0.1) is 36.7 Å². The van der Waals surface area contributed by atoms with E-state index in [9.17, 15) is 14.5 Å². The van der Waals surface area contributed by atoms with E-state index in [0.29, 0.717) is 12.2 Å². The monoisotopic (exact) mass is 288 g/mol. The molecule has 0 aliphatic carbocycles. The molecule has 21 heavy (non-hydrogen) atoms. The lowest BCUT2D eigenvalue weighted by Crippen LogP contribution is -2.03. The molecule has 0 spiro atoms. The molecular formula is C16H17FN2O2. The number of hydrogen-bond acceptors (Lipinski definition) is 3. The Morgan fingerprint density at radius 2 is 1.71 bits per heavy atom. The molecule has 0 amide bonds. The lowest BCUT2D eigenvalue weighted by molar-refractivity contribution is -0.385. The smallest absolute Gasteiger partial charge is 0.274 e. The second-order valence-electron chi connectivity index (χ2n) is 5.17. The van der Waals surface area contributed by atoms with E-state index < -0.39 is 10.7 Å². The number of halogens is 1. The summed E-state index contributed by atoms with van der Waals surface area (Å²) in [5.41, 5.74) is 4.77. The van der Waals surface area contributed by atoms with Crippen LogP contribution in [0.2, 0.25) is 0 Å². The number of nitrogens with zero attached hydrogens (tertiary/aromatic N) is 1. The van der Waals surface area contributed by atoms with Gasteiger partial charge in [0, 0.05) is 18.3 Å². The summed E-state index contributed by atoms with van der Waals surface area (Å²) in [6, 6.07) is 7.67. The summed E-state index contributed by atoms with van der Waals surface area (Å²) in [4.78, 5) is 10.1. The first-order valence-corrected chi connectivity index (χ1v) is 6.62. The Labute approximate surface area is 122 Å². The van der Waals surface area contributed by atoms with Gasteiger partial charge in [0.15, 0.2) is 0 Å². The average Bonchev–Trinajstić information content (AvgIpc) is 2.40. The number of nitrogens with one attached hydrogen (secondary N) is 1. The maximum Gasteiger partial charge on any atom is 0.274 e. The molecule has 0 radical (unpaired) electrons.